The first-order valence-electron chi connectivity index (χ1n) is 11.4. The van der Waals surface area contributed by atoms with Gasteiger partial charge in [0, 0.05) is 16.9 Å². The van der Waals surface area contributed by atoms with Gasteiger partial charge in [-0.3, -0.25) is 14.5 Å². The van der Waals surface area contributed by atoms with Crippen molar-refractivity contribution in [1.29, 1.82) is 0 Å². The Hall–Kier alpha value is -2.70. The molecule has 1 aromatic rings. The van der Waals surface area contributed by atoms with Gasteiger partial charge in [-0.15, -0.1) is 0 Å². The number of urea groups is 1. The number of hydrazone groups is 1. The second-order valence-electron chi connectivity index (χ2n) is 9.35. The third-order valence-electron chi connectivity index (χ3n) is 7.11. The minimum atomic E-state index is -1.12. The van der Waals surface area contributed by atoms with Gasteiger partial charge in [0.05, 0.1) is 17.9 Å². The Morgan fingerprint density at radius 3 is 2.42 bits per heavy atom. The van der Waals surface area contributed by atoms with Crippen molar-refractivity contribution < 1.29 is 19.5 Å². The fourth-order valence-electron chi connectivity index (χ4n) is 5.22. The Balaban J connectivity index is 1.74. The lowest BCUT2D eigenvalue weighted by molar-refractivity contribution is -0.137. The summed E-state index contributed by atoms with van der Waals surface area (Å²) >= 11 is 0. The van der Waals surface area contributed by atoms with Gasteiger partial charge in [0.15, 0.2) is 5.78 Å². The van der Waals surface area contributed by atoms with Crippen LogP contribution in [0.3, 0.4) is 0 Å². The van der Waals surface area contributed by atoms with Gasteiger partial charge in [0.1, 0.15) is 6.54 Å². The van der Waals surface area contributed by atoms with Crippen molar-refractivity contribution in [1.82, 2.24) is 5.01 Å². The summed E-state index contributed by atoms with van der Waals surface area (Å²) in [7, 11) is 0. The van der Waals surface area contributed by atoms with Gasteiger partial charge in [-0.05, 0) is 31.7 Å². The van der Waals surface area contributed by atoms with E-state index < -0.39 is 24.0 Å². The number of carboxylic acid groups (broad SMARTS) is 1. The molecule has 2 aliphatic carbocycles. The Morgan fingerprint density at radius 2 is 1.74 bits per heavy atom. The lowest BCUT2D eigenvalue weighted by Gasteiger charge is -2.29. The highest BCUT2D eigenvalue weighted by Gasteiger charge is 2.40. The molecule has 166 valence electrons. The maximum atomic E-state index is 13.5. The molecule has 1 N–H and O–H groups in total. The summed E-state index contributed by atoms with van der Waals surface area (Å²) in [5, 5.41) is 15.1. The molecule has 2 saturated carbocycles. The van der Waals surface area contributed by atoms with E-state index in [-0.39, 0.29) is 18.2 Å². The summed E-state index contributed by atoms with van der Waals surface area (Å²) in [6.07, 6.45) is 9.02. The van der Waals surface area contributed by atoms with E-state index in [0.717, 1.165) is 67.7 Å². The average molecular weight is 426 g/mol. The van der Waals surface area contributed by atoms with Gasteiger partial charge in [-0.2, -0.15) is 5.10 Å². The van der Waals surface area contributed by atoms with E-state index in [4.69, 9.17) is 0 Å². The highest BCUT2D eigenvalue weighted by molar-refractivity contribution is 6.13. The fraction of sp³-hybridized carbons (Fsp3) is 0.583. The van der Waals surface area contributed by atoms with Crippen LogP contribution in [0.4, 0.5) is 10.5 Å². The number of benzene rings is 1. The molecule has 7 nitrogen and oxygen atoms in total. The number of anilines is 1. The minimum absolute atomic E-state index is 0.0320. The number of carbonyl (C=O) groups is 3. The van der Waals surface area contributed by atoms with Gasteiger partial charge < -0.3 is 5.11 Å². The predicted molar refractivity (Wildman–Crippen MR) is 118 cm³/mol. The number of Topliss-reactive ketones (excluding diaryl/α,β-unsaturated/α-hetero) is 1. The van der Waals surface area contributed by atoms with Crippen LogP contribution in [0.1, 0.15) is 70.3 Å². The third kappa shape index (κ3) is 4.36. The van der Waals surface area contributed by atoms with Crippen molar-refractivity contribution in [3.63, 3.8) is 0 Å². The van der Waals surface area contributed by atoms with Crippen LogP contribution in [0, 0.1) is 11.3 Å². The van der Waals surface area contributed by atoms with Gasteiger partial charge in [-0.25, -0.2) is 9.80 Å². The van der Waals surface area contributed by atoms with Crippen molar-refractivity contribution in [3.8, 4) is 0 Å². The molecule has 31 heavy (non-hydrogen) atoms. The molecule has 2 amide bonds. The highest BCUT2D eigenvalue weighted by Crippen LogP contribution is 2.40. The van der Waals surface area contributed by atoms with Crippen LogP contribution in [0.25, 0.3) is 0 Å². The molecule has 0 unspecified atom stereocenters. The molecule has 0 aromatic heterocycles. The number of fused-ring (bicyclic) bond motifs is 1. The first-order chi connectivity index (χ1) is 14.9. The number of aliphatic carboxylic acids is 1. The zero-order valence-corrected chi connectivity index (χ0v) is 18.2. The van der Waals surface area contributed by atoms with Crippen LogP contribution in [-0.4, -0.2) is 46.7 Å². The average Bonchev–Trinajstić information content (AvgIpc) is 3.18. The van der Waals surface area contributed by atoms with Gasteiger partial charge in [0.2, 0.25) is 0 Å². The number of hydrogen-bond donors (Lipinski definition) is 1. The smallest absolute Gasteiger partial charge is 0.345 e. The summed E-state index contributed by atoms with van der Waals surface area (Å²) in [6.45, 7) is 1.40. The zero-order valence-electron chi connectivity index (χ0n) is 18.2. The van der Waals surface area contributed by atoms with Crippen molar-refractivity contribution in [3.05, 3.63) is 29.8 Å². The molecule has 2 fully saturated rings. The lowest BCUT2D eigenvalue weighted by atomic mass is 9.82. The van der Waals surface area contributed by atoms with Gasteiger partial charge >= 0.3 is 12.0 Å². The molecule has 4 rings (SSSR count). The van der Waals surface area contributed by atoms with E-state index in [1.54, 1.807) is 0 Å². The third-order valence-corrected chi connectivity index (χ3v) is 7.11. The number of nitrogens with zero attached hydrogens (tertiary/aromatic N) is 3. The number of para-hydroxylation sites is 1. The molecule has 1 heterocycles. The maximum Gasteiger partial charge on any atom is 0.345 e. The Bertz CT molecular complexity index is 898. The summed E-state index contributed by atoms with van der Waals surface area (Å²) in [6, 6.07) is 7.00. The quantitative estimate of drug-likeness (QED) is 0.729. The number of carboxylic acids is 1. The standard InChI is InChI=1S/C24H31N3O4/c1-24(13-7-8-14-24)20(28)15-26-19-12-6-5-11-18(19)22(17-9-3-2-4-10-17)25-27(23(26)31)16-21(29)30/h5-6,11-12,17H,2-4,7-10,13-16H2,1H3,(H,29,30). The molecular weight excluding hydrogens is 394 g/mol. The van der Waals surface area contributed by atoms with Crippen molar-refractivity contribution in [2.45, 2.75) is 64.7 Å². The lowest BCUT2D eigenvalue weighted by Crippen LogP contribution is -2.46. The molecule has 0 saturated heterocycles. The Labute approximate surface area is 183 Å². The summed E-state index contributed by atoms with van der Waals surface area (Å²) in [5.74, 6) is -0.911. The maximum absolute atomic E-state index is 13.5. The number of hydrogen-bond acceptors (Lipinski definition) is 4. The van der Waals surface area contributed by atoms with Gasteiger partial charge in [0.25, 0.3) is 0 Å². The number of carbonyl (C=O) groups excluding carboxylic acids is 2. The minimum Gasteiger partial charge on any atom is -0.480 e. The van der Waals surface area contributed by atoms with Crippen LogP contribution in [0.2, 0.25) is 0 Å². The first kappa shape index (κ1) is 21.5. The van der Waals surface area contributed by atoms with Crippen molar-refractivity contribution in [2.24, 2.45) is 16.4 Å². The number of ketones is 1. The van der Waals surface area contributed by atoms with Crippen LogP contribution in [-0.2, 0) is 9.59 Å². The van der Waals surface area contributed by atoms with E-state index in [0.29, 0.717) is 5.69 Å². The highest BCUT2D eigenvalue weighted by atomic mass is 16.4. The van der Waals surface area contributed by atoms with Crippen molar-refractivity contribution >= 4 is 29.2 Å². The molecular formula is C24H31N3O4. The van der Waals surface area contributed by atoms with E-state index in [9.17, 15) is 19.5 Å². The summed E-state index contributed by atoms with van der Waals surface area (Å²) < 4.78 is 0. The predicted octanol–water partition coefficient (Wildman–Crippen LogP) is 4.45. The second-order valence-corrected chi connectivity index (χ2v) is 9.35. The Kier molecular flexibility index (Phi) is 6.12. The van der Waals surface area contributed by atoms with Gasteiger partial charge in [-0.1, -0.05) is 57.2 Å². The summed E-state index contributed by atoms with van der Waals surface area (Å²) in [5.41, 5.74) is 1.83. The number of amides is 2. The first-order valence-corrected chi connectivity index (χ1v) is 11.4. The molecule has 7 heteroatoms. The normalized spacial score (nSPS) is 21.5. The zero-order chi connectivity index (χ0) is 22.0. The topological polar surface area (TPSA) is 90.3 Å². The van der Waals surface area contributed by atoms with Crippen LogP contribution in [0.15, 0.2) is 29.4 Å². The van der Waals surface area contributed by atoms with Crippen LogP contribution >= 0.6 is 0 Å². The van der Waals surface area contributed by atoms with Crippen LogP contribution < -0.4 is 4.90 Å². The van der Waals surface area contributed by atoms with E-state index in [1.165, 1.54) is 11.3 Å². The second kappa shape index (κ2) is 8.81. The summed E-state index contributed by atoms with van der Waals surface area (Å²) in [4.78, 5) is 39.7. The largest absolute Gasteiger partial charge is 0.480 e. The number of rotatable bonds is 6. The Morgan fingerprint density at radius 1 is 1.06 bits per heavy atom. The molecule has 0 atom stereocenters. The van der Waals surface area contributed by atoms with E-state index in [1.807, 2.05) is 31.2 Å². The molecule has 0 spiro atoms. The monoisotopic (exact) mass is 425 g/mol. The molecule has 3 aliphatic rings. The van der Waals surface area contributed by atoms with Crippen LogP contribution in [0.5, 0.6) is 0 Å². The molecule has 0 radical (unpaired) electrons. The molecule has 1 aliphatic heterocycles. The SMILES string of the molecule is CC1(C(=O)CN2C(=O)N(CC(=O)O)N=C(C3CCCCC3)c3ccccc32)CCCC1. The molecule has 0 bridgehead atoms. The van der Waals surface area contributed by atoms with E-state index >= 15 is 0 Å². The fourth-order valence-corrected chi connectivity index (χ4v) is 5.22. The van der Waals surface area contributed by atoms with Crippen molar-refractivity contribution in [2.75, 3.05) is 18.0 Å². The van der Waals surface area contributed by atoms with E-state index in [2.05, 4.69) is 5.10 Å². The molecule has 1 aromatic carbocycles.